The Bertz CT molecular complexity index is 1940. The zero-order valence-electron chi connectivity index (χ0n) is 65.1. The molecular weight excluding hydrogens is 1290 g/mol. The number of hydrogen-bond donors (Lipinski definition) is 3. The molecule has 0 aliphatic rings. The van der Waals surface area contributed by atoms with E-state index < -0.39 is 97.5 Å². The van der Waals surface area contributed by atoms with E-state index >= 15 is 0 Å². The van der Waals surface area contributed by atoms with Crippen LogP contribution in [0, 0.1) is 23.7 Å². The van der Waals surface area contributed by atoms with Crippen LogP contribution in [0.25, 0.3) is 0 Å². The van der Waals surface area contributed by atoms with Crippen LogP contribution in [0.4, 0.5) is 0 Å². The Hall–Kier alpha value is -1.94. The SMILES string of the molecule is CCC(C)CCCCCCCCCCCCCCCCC(=O)O[C@H](COC(=O)CCCCCCCCCCCCCCCCC(C)C)COP(=O)(O)OC[C@@H](O)COP(=O)(O)OC[C@@H](COC(=O)CCCCCCCCC(C)CC)OC(=O)CCCCCCCCCCCCCC(C)C. The fourth-order valence-corrected chi connectivity index (χ4v) is 13.8. The number of phosphoric acid groups is 2. The third-order valence-corrected chi connectivity index (χ3v) is 21.2. The Labute approximate surface area is 607 Å². The minimum absolute atomic E-state index is 0.105. The summed E-state index contributed by atoms with van der Waals surface area (Å²) in [5.74, 6) is 1.03. The second-order valence-corrected chi connectivity index (χ2v) is 33.1. The second-order valence-electron chi connectivity index (χ2n) is 30.2. The van der Waals surface area contributed by atoms with Crippen LogP contribution in [0.3, 0.4) is 0 Å². The topological polar surface area (TPSA) is 237 Å². The van der Waals surface area contributed by atoms with Crippen LogP contribution in [-0.4, -0.2) is 96.7 Å². The van der Waals surface area contributed by atoms with E-state index in [4.69, 9.17) is 37.0 Å². The van der Waals surface area contributed by atoms with E-state index in [1.54, 1.807) is 0 Å². The molecule has 19 heteroatoms. The molecule has 0 saturated carbocycles. The molecule has 17 nitrogen and oxygen atoms in total. The first kappa shape index (κ1) is 97.1. The lowest BCUT2D eigenvalue weighted by Crippen LogP contribution is -2.30. The molecular formula is C80H156O17P2. The van der Waals surface area contributed by atoms with Gasteiger partial charge in [0.05, 0.1) is 26.4 Å². The van der Waals surface area contributed by atoms with E-state index in [2.05, 4.69) is 55.4 Å². The molecule has 99 heavy (non-hydrogen) atoms. The molecule has 0 aromatic rings. The fraction of sp³-hybridized carbons (Fsp3) is 0.950. The van der Waals surface area contributed by atoms with E-state index in [1.807, 2.05) is 0 Å². The van der Waals surface area contributed by atoms with E-state index in [9.17, 15) is 43.2 Å². The Morgan fingerprint density at radius 2 is 0.485 bits per heavy atom. The predicted molar refractivity (Wildman–Crippen MR) is 404 cm³/mol. The summed E-state index contributed by atoms with van der Waals surface area (Å²) in [7, 11) is -9.92. The van der Waals surface area contributed by atoms with E-state index in [1.165, 1.54) is 205 Å². The quantitative estimate of drug-likeness (QED) is 0.0222. The van der Waals surface area contributed by atoms with Gasteiger partial charge in [-0.1, -0.05) is 357 Å². The summed E-state index contributed by atoms with van der Waals surface area (Å²) in [6, 6.07) is 0. The summed E-state index contributed by atoms with van der Waals surface area (Å²) in [6.45, 7) is 14.3. The van der Waals surface area contributed by atoms with Gasteiger partial charge in [-0.3, -0.25) is 37.3 Å². The maximum atomic E-state index is 13.1. The molecule has 0 aromatic heterocycles. The van der Waals surface area contributed by atoms with Gasteiger partial charge < -0.3 is 33.8 Å². The highest BCUT2D eigenvalue weighted by Gasteiger charge is 2.30. The van der Waals surface area contributed by atoms with Crippen LogP contribution < -0.4 is 0 Å². The molecule has 0 aliphatic heterocycles. The second kappa shape index (κ2) is 69.1. The third kappa shape index (κ3) is 71.5. The van der Waals surface area contributed by atoms with Crippen molar-refractivity contribution in [3.05, 3.63) is 0 Å². The van der Waals surface area contributed by atoms with Crippen molar-refractivity contribution in [3.8, 4) is 0 Å². The summed E-state index contributed by atoms with van der Waals surface area (Å²) >= 11 is 0. The summed E-state index contributed by atoms with van der Waals surface area (Å²) in [6.07, 6.45) is 55.4. The maximum absolute atomic E-state index is 13.1. The summed E-state index contributed by atoms with van der Waals surface area (Å²) in [5.41, 5.74) is 0. The molecule has 0 spiro atoms. The van der Waals surface area contributed by atoms with Gasteiger partial charge in [0.15, 0.2) is 12.2 Å². The van der Waals surface area contributed by atoms with Crippen LogP contribution in [0.5, 0.6) is 0 Å². The zero-order chi connectivity index (χ0) is 73.1. The smallest absolute Gasteiger partial charge is 0.462 e. The first-order chi connectivity index (χ1) is 47.7. The van der Waals surface area contributed by atoms with Crippen molar-refractivity contribution in [2.45, 2.75) is 427 Å². The molecule has 7 atom stereocenters. The van der Waals surface area contributed by atoms with Crippen molar-refractivity contribution in [2.24, 2.45) is 23.7 Å². The molecule has 0 aromatic carbocycles. The number of hydrogen-bond acceptors (Lipinski definition) is 15. The number of carbonyl (C=O) groups excluding carboxylic acids is 4. The molecule has 588 valence electrons. The molecule has 0 saturated heterocycles. The maximum Gasteiger partial charge on any atom is 0.472 e. The Balaban J connectivity index is 5.26. The number of esters is 4. The monoisotopic (exact) mass is 1450 g/mol. The summed E-state index contributed by atoms with van der Waals surface area (Å²) in [5, 5.41) is 10.6. The molecule has 4 unspecified atom stereocenters. The lowest BCUT2D eigenvalue weighted by atomic mass is 9.99. The summed E-state index contributed by atoms with van der Waals surface area (Å²) < 4.78 is 68.7. The minimum Gasteiger partial charge on any atom is -0.462 e. The van der Waals surface area contributed by atoms with Crippen LogP contribution in [0.1, 0.15) is 409 Å². The number of unbranched alkanes of at least 4 members (excludes halogenated alkanes) is 41. The van der Waals surface area contributed by atoms with Crippen LogP contribution in [0.2, 0.25) is 0 Å². The third-order valence-electron chi connectivity index (χ3n) is 19.3. The molecule has 3 N–H and O–H groups in total. The molecule has 0 aliphatic carbocycles. The van der Waals surface area contributed by atoms with Crippen molar-refractivity contribution >= 4 is 39.5 Å². The van der Waals surface area contributed by atoms with Crippen molar-refractivity contribution in [1.82, 2.24) is 0 Å². The van der Waals surface area contributed by atoms with Gasteiger partial charge in [0.25, 0.3) is 0 Å². The number of carbonyl (C=O) groups is 4. The van der Waals surface area contributed by atoms with Crippen LogP contribution >= 0.6 is 15.6 Å². The van der Waals surface area contributed by atoms with Crippen molar-refractivity contribution in [2.75, 3.05) is 39.6 Å². The fourth-order valence-electron chi connectivity index (χ4n) is 12.2. The lowest BCUT2D eigenvalue weighted by Gasteiger charge is -2.21. The molecule has 0 heterocycles. The number of aliphatic hydroxyl groups is 1. The number of ether oxygens (including phenoxy) is 4. The van der Waals surface area contributed by atoms with Crippen LogP contribution in [0.15, 0.2) is 0 Å². The minimum atomic E-state index is -4.96. The Morgan fingerprint density at radius 1 is 0.283 bits per heavy atom. The van der Waals surface area contributed by atoms with Gasteiger partial charge >= 0.3 is 39.5 Å². The van der Waals surface area contributed by atoms with E-state index in [0.29, 0.717) is 25.7 Å². The molecule has 0 amide bonds. The highest BCUT2D eigenvalue weighted by atomic mass is 31.2. The van der Waals surface area contributed by atoms with Crippen molar-refractivity contribution in [3.63, 3.8) is 0 Å². The molecule has 0 fully saturated rings. The largest absolute Gasteiger partial charge is 0.472 e. The van der Waals surface area contributed by atoms with Gasteiger partial charge in [-0.25, -0.2) is 9.13 Å². The van der Waals surface area contributed by atoms with Gasteiger partial charge in [0.1, 0.15) is 19.3 Å². The van der Waals surface area contributed by atoms with Gasteiger partial charge in [-0.05, 0) is 49.4 Å². The highest BCUT2D eigenvalue weighted by molar-refractivity contribution is 7.47. The average Bonchev–Trinajstić information content (AvgIpc) is 1.14. The normalized spacial score (nSPS) is 14.6. The van der Waals surface area contributed by atoms with E-state index in [0.717, 1.165) is 120 Å². The molecule has 0 bridgehead atoms. The van der Waals surface area contributed by atoms with Crippen LogP contribution in [-0.2, 0) is 65.4 Å². The van der Waals surface area contributed by atoms with Gasteiger partial charge in [0, 0.05) is 25.7 Å². The van der Waals surface area contributed by atoms with Gasteiger partial charge in [-0.2, -0.15) is 0 Å². The molecule has 0 rings (SSSR count). The number of phosphoric ester groups is 2. The predicted octanol–water partition coefficient (Wildman–Crippen LogP) is 23.6. The van der Waals surface area contributed by atoms with Gasteiger partial charge in [-0.15, -0.1) is 0 Å². The van der Waals surface area contributed by atoms with Gasteiger partial charge in [0.2, 0.25) is 0 Å². The first-order valence-electron chi connectivity index (χ1n) is 41.3. The Kier molecular flexibility index (Phi) is 67.8. The zero-order valence-corrected chi connectivity index (χ0v) is 66.9. The van der Waals surface area contributed by atoms with Crippen molar-refractivity contribution in [1.29, 1.82) is 0 Å². The standard InChI is InChI=1S/C80H156O17P2/c1-9-72(7)58-50-42-34-28-22-16-12-14-18-24-30-36-46-54-62-79(84)96-75(66-90-77(82)60-52-44-35-29-23-17-13-11-15-20-26-32-40-48-56-70(3)4)68-94-98(86,87)92-64-74(81)65-93-99(88,89)95-69-76(67-91-78(83)61-53-45-39-38-43-51-59-73(8)10-2)97-80(85)63-55-47-37-31-25-19-21-27-33-41-49-57-71(5)6/h70-76,81H,9-69H2,1-8H3,(H,86,87)(H,88,89)/t72?,73?,74-,75-,76-/m1/s1. The number of aliphatic hydroxyl groups excluding tert-OH is 1. The van der Waals surface area contributed by atoms with E-state index in [-0.39, 0.29) is 25.7 Å². The molecule has 0 radical (unpaired) electrons. The first-order valence-corrected chi connectivity index (χ1v) is 44.3. The lowest BCUT2D eigenvalue weighted by molar-refractivity contribution is -0.161. The van der Waals surface area contributed by atoms with Crippen molar-refractivity contribution < 1.29 is 80.2 Å². The number of rotatable bonds is 77. The average molecular weight is 1450 g/mol. The Morgan fingerprint density at radius 3 is 0.717 bits per heavy atom. The summed E-state index contributed by atoms with van der Waals surface area (Å²) in [4.78, 5) is 73.0. The highest BCUT2D eigenvalue weighted by Crippen LogP contribution is 2.45.